The summed E-state index contributed by atoms with van der Waals surface area (Å²) in [5, 5.41) is 21.5. The second-order valence-corrected chi connectivity index (χ2v) is 5.16. The highest BCUT2D eigenvalue weighted by molar-refractivity contribution is 6.32. The molecule has 8 nitrogen and oxygen atoms in total. The van der Waals surface area contributed by atoms with Crippen LogP contribution in [-0.2, 0) is 6.18 Å². The van der Waals surface area contributed by atoms with Gasteiger partial charge in [0.15, 0.2) is 0 Å². The van der Waals surface area contributed by atoms with Gasteiger partial charge in [0.1, 0.15) is 5.02 Å². The predicted molar refractivity (Wildman–Crippen MR) is 81.2 cm³/mol. The molecule has 2 aromatic carbocycles. The molecule has 0 heterocycles. The van der Waals surface area contributed by atoms with Crippen LogP contribution in [0.4, 0.5) is 24.5 Å². The van der Waals surface area contributed by atoms with Crippen molar-refractivity contribution in [3.8, 4) is 5.75 Å². The number of hydrogen-bond donors (Lipinski definition) is 0. The summed E-state index contributed by atoms with van der Waals surface area (Å²) in [5.41, 5.74) is -3.36. The maximum absolute atomic E-state index is 12.6. The number of alkyl halides is 3. The molecule has 0 amide bonds. The van der Waals surface area contributed by atoms with E-state index in [1.807, 2.05) is 0 Å². The van der Waals surface area contributed by atoms with Crippen molar-refractivity contribution in [1.29, 1.82) is 0 Å². The molecule has 0 aliphatic carbocycles. The minimum Gasteiger partial charge on any atom is -0.416 e. The normalized spacial score (nSPS) is 11.1. The van der Waals surface area contributed by atoms with Gasteiger partial charge in [-0.1, -0.05) is 11.6 Å². The van der Waals surface area contributed by atoms with Crippen LogP contribution >= 0.6 is 11.6 Å². The van der Waals surface area contributed by atoms with Crippen LogP contribution in [0, 0.1) is 20.2 Å². The third kappa shape index (κ3) is 4.06. The molecular weight excluding hydrogens is 385 g/mol. The van der Waals surface area contributed by atoms with E-state index in [2.05, 4.69) is 0 Å². The highest BCUT2D eigenvalue weighted by Gasteiger charge is 2.34. The Kier molecular flexibility index (Phi) is 5.12. The smallest absolute Gasteiger partial charge is 0.416 e. The number of nitrogens with zero attached hydrogens (tertiary/aromatic N) is 2. The average molecular weight is 391 g/mol. The van der Waals surface area contributed by atoms with E-state index in [0.29, 0.717) is 12.1 Å². The Morgan fingerprint density at radius 2 is 1.62 bits per heavy atom. The van der Waals surface area contributed by atoms with E-state index in [9.17, 15) is 38.2 Å². The van der Waals surface area contributed by atoms with Gasteiger partial charge in [-0.25, -0.2) is 4.79 Å². The molecule has 0 fully saturated rings. The monoisotopic (exact) mass is 390 g/mol. The topological polar surface area (TPSA) is 113 Å². The molecule has 0 bridgehead atoms. The van der Waals surface area contributed by atoms with Crippen LogP contribution in [0.1, 0.15) is 15.9 Å². The molecular formula is C14H6ClF3N2O6. The fraction of sp³-hybridized carbons (Fsp3) is 0.0714. The molecule has 0 aromatic heterocycles. The molecule has 0 saturated carbocycles. The summed E-state index contributed by atoms with van der Waals surface area (Å²) in [4.78, 5) is 31.8. The van der Waals surface area contributed by atoms with Crippen molar-refractivity contribution in [3.05, 3.63) is 72.8 Å². The van der Waals surface area contributed by atoms with Gasteiger partial charge in [0.05, 0.1) is 21.0 Å². The Hall–Kier alpha value is -3.21. The molecule has 0 radical (unpaired) electrons. The molecule has 0 aliphatic heterocycles. The van der Waals surface area contributed by atoms with Crippen LogP contribution < -0.4 is 4.74 Å². The summed E-state index contributed by atoms with van der Waals surface area (Å²) in [6.45, 7) is 0. The zero-order chi connectivity index (χ0) is 19.6. The van der Waals surface area contributed by atoms with E-state index < -0.39 is 44.7 Å². The van der Waals surface area contributed by atoms with Gasteiger partial charge in [0, 0.05) is 12.1 Å². The summed E-state index contributed by atoms with van der Waals surface area (Å²) >= 11 is 5.59. The van der Waals surface area contributed by atoms with Gasteiger partial charge in [-0.2, -0.15) is 13.2 Å². The maximum atomic E-state index is 12.6. The lowest BCUT2D eigenvalue weighted by atomic mass is 10.1. The number of esters is 1. The van der Waals surface area contributed by atoms with Crippen LogP contribution in [0.2, 0.25) is 5.02 Å². The number of nitro benzene ring substituents is 2. The summed E-state index contributed by atoms with van der Waals surface area (Å²) in [5.74, 6) is -1.99. The van der Waals surface area contributed by atoms with Crippen LogP contribution in [0.5, 0.6) is 5.75 Å². The zero-order valence-corrected chi connectivity index (χ0v) is 13.1. The third-order valence-electron chi connectivity index (χ3n) is 3.06. The minimum atomic E-state index is -4.83. The Balaban J connectivity index is 2.39. The van der Waals surface area contributed by atoms with E-state index in [1.165, 1.54) is 0 Å². The van der Waals surface area contributed by atoms with Crippen molar-refractivity contribution >= 4 is 28.9 Å². The second-order valence-electron chi connectivity index (χ2n) is 4.75. The number of carbonyl (C=O) groups excluding carboxylic acids is 1. The van der Waals surface area contributed by atoms with E-state index in [0.717, 1.165) is 18.2 Å². The zero-order valence-electron chi connectivity index (χ0n) is 12.3. The van der Waals surface area contributed by atoms with Crippen LogP contribution in [0.25, 0.3) is 0 Å². The first-order valence-electron chi connectivity index (χ1n) is 6.52. The number of nitro groups is 2. The van der Waals surface area contributed by atoms with Crippen LogP contribution in [0.3, 0.4) is 0 Å². The fourth-order valence-corrected chi connectivity index (χ4v) is 2.05. The number of carbonyl (C=O) groups is 1. The van der Waals surface area contributed by atoms with E-state index in [4.69, 9.17) is 16.3 Å². The van der Waals surface area contributed by atoms with Gasteiger partial charge < -0.3 is 4.74 Å². The van der Waals surface area contributed by atoms with E-state index >= 15 is 0 Å². The van der Waals surface area contributed by atoms with Gasteiger partial charge in [-0.15, -0.1) is 0 Å². The molecule has 0 spiro atoms. The van der Waals surface area contributed by atoms with Crippen LogP contribution in [-0.4, -0.2) is 15.8 Å². The quantitative estimate of drug-likeness (QED) is 0.331. The minimum absolute atomic E-state index is 0.215. The Morgan fingerprint density at radius 1 is 1.00 bits per heavy atom. The molecule has 2 rings (SSSR count). The van der Waals surface area contributed by atoms with Gasteiger partial charge >= 0.3 is 17.8 Å². The highest BCUT2D eigenvalue weighted by atomic mass is 35.5. The molecule has 136 valence electrons. The number of benzene rings is 2. The van der Waals surface area contributed by atoms with Gasteiger partial charge in [0.25, 0.3) is 5.69 Å². The van der Waals surface area contributed by atoms with Crippen molar-refractivity contribution in [2.24, 2.45) is 0 Å². The first kappa shape index (κ1) is 19.1. The highest BCUT2D eigenvalue weighted by Crippen LogP contribution is 2.36. The third-order valence-corrected chi connectivity index (χ3v) is 3.38. The lowest BCUT2D eigenvalue weighted by molar-refractivity contribution is -0.385. The van der Waals surface area contributed by atoms with E-state index in [1.54, 1.807) is 0 Å². The fourth-order valence-electron chi connectivity index (χ4n) is 1.86. The Labute approximate surface area is 147 Å². The largest absolute Gasteiger partial charge is 0.416 e. The molecule has 0 aliphatic rings. The SMILES string of the molecule is O=C(Oc1ccc(C(F)(F)F)cc1[N+](=O)[O-])c1ccc(Cl)c([N+](=O)[O-])c1. The summed E-state index contributed by atoms with van der Waals surface area (Å²) in [6, 6.07) is 4.21. The number of hydrogen-bond acceptors (Lipinski definition) is 6. The van der Waals surface area contributed by atoms with Gasteiger partial charge in [0.2, 0.25) is 5.75 Å². The summed E-state index contributed by atoms with van der Waals surface area (Å²) < 4.78 is 42.6. The number of rotatable bonds is 4. The van der Waals surface area contributed by atoms with Crippen molar-refractivity contribution in [3.63, 3.8) is 0 Å². The molecule has 2 aromatic rings. The number of ether oxygens (including phenoxy) is 1. The van der Waals surface area contributed by atoms with Gasteiger partial charge in [-0.05, 0) is 24.3 Å². The van der Waals surface area contributed by atoms with Crippen molar-refractivity contribution in [2.45, 2.75) is 6.18 Å². The summed E-state index contributed by atoms with van der Waals surface area (Å²) in [6.07, 6.45) is -4.83. The first-order valence-corrected chi connectivity index (χ1v) is 6.90. The predicted octanol–water partition coefficient (Wildman–Crippen LogP) is 4.39. The lowest BCUT2D eigenvalue weighted by Crippen LogP contribution is -2.11. The summed E-state index contributed by atoms with van der Waals surface area (Å²) in [7, 11) is 0. The van der Waals surface area contributed by atoms with Crippen molar-refractivity contribution < 1.29 is 32.5 Å². The second kappa shape index (κ2) is 6.96. The van der Waals surface area contributed by atoms with Crippen molar-refractivity contribution in [2.75, 3.05) is 0 Å². The number of halogens is 4. The van der Waals surface area contributed by atoms with Crippen LogP contribution in [0.15, 0.2) is 36.4 Å². The maximum Gasteiger partial charge on any atom is 0.416 e. The van der Waals surface area contributed by atoms with E-state index in [-0.39, 0.29) is 16.7 Å². The first-order chi connectivity index (χ1) is 12.0. The van der Waals surface area contributed by atoms with Gasteiger partial charge in [-0.3, -0.25) is 20.2 Å². The molecule has 0 saturated heterocycles. The average Bonchev–Trinajstić information content (AvgIpc) is 2.53. The Morgan fingerprint density at radius 3 is 2.15 bits per heavy atom. The molecule has 0 unspecified atom stereocenters. The molecule has 12 heteroatoms. The Bertz CT molecular complexity index is 916. The standard InChI is InChI=1S/C14H6ClF3N2O6/c15-9-3-1-7(5-10(9)19(22)23)13(21)26-12-4-2-8(14(16,17)18)6-11(12)20(24)25/h1-6H. The molecule has 0 atom stereocenters. The molecule has 0 N–H and O–H groups in total. The van der Waals surface area contributed by atoms with Crippen molar-refractivity contribution in [1.82, 2.24) is 0 Å². The lowest BCUT2D eigenvalue weighted by Gasteiger charge is -2.09. The molecule has 26 heavy (non-hydrogen) atoms.